The second-order valence-corrected chi connectivity index (χ2v) is 13.3. The highest BCUT2D eigenvalue weighted by Crippen LogP contribution is 2.38. The molecular formula is C50H40N2. The molecule has 0 aliphatic rings. The van der Waals surface area contributed by atoms with E-state index in [4.69, 9.17) is 0 Å². The molecule has 8 aromatic rings. The molecule has 0 saturated carbocycles. The van der Waals surface area contributed by atoms with E-state index in [1.807, 2.05) is 0 Å². The van der Waals surface area contributed by atoms with Crippen LogP contribution in [0.2, 0.25) is 0 Å². The van der Waals surface area contributed by atoms with E-state index < -0.39 is 0 Å². The Labute approximate surface area is 307 Å². The molecule has 0 unspecified atom stereocenters. The van der Waals surface area contributed by atoms with Gasteiger partial charge in [0.1, 0.15) is 0 Å². The van der Waals surface area contributed by atoms with Gasteiger partial charge < -0.3 is 9.80 Å². The largest absolute Gasteiger partial charge is 0.311 e. The van der Waals surface area contributed by atoms with Crippen molar-refractivity contribution in [3.05, 3.63) is 216 Å². The summed E-state index contributed by atoms with van der Waals surface area (Å²) in [5, 5.41) is 2.47. The number of nitrogens with zero attached hydrogens (tertiary/aromatic N) is 2. The van der Waals surface area contributed by atoms with Crippen LogP contribution in [0.3, 0.4) is 0 Å². The standard InChI is InChI=1S/C50H40N2/c1-37-33-38(2)35-50(34-37)52(49-32-27-41-11-9-10-12-44(41)36-49)47-28-21-40(22-29-47)18-17-39-19-23-42(24-20-39)43-25-30-48(31-26-43)51(45-13-5-3-6-14-45)46-15-7-4-8-16-46/h3-36H,1-2H3/b18-17+. The zero-order valence-electron chi connectivity index (χ0n) is 29.5. The molecule has 0 bridgehead atoms. The van der Waals surface area contributed by atoms with E-state index in [1.165, 1.54) is 33.0 Å². The second kappa shape index (κ2) is 14.7. The van der Waals surface area contributed by atoms with E-state index in [1.54, 1.807) is 0 Å². The number of para-hydroxylation sites is 2. The third kappa shape index (κ3) is 7.14. The highest BCUT2D eigenvalue weighted by Gasteiger charge is 2.15. The number of benzene rings is 8. The van der Waals surface area contributed by atoms with E-state index in [9.17, 15) is 0 Å². The number of rotatable bonds is 9. The van der Waals surface area contributed by atoms with Crippen molar-refractivity contribution >= 4 is 57.0 Å². The Morgan fingerprint density at radius 3 is 1.27 bits per heavy atom. The lowest BCUT2D eigenvalue weighted by atomic mass is 10.0. The van der Waals surface area contributed by atoms with Gasteiger partial charge in [0, 0.05) is 34.1 Å². The van der Waals surface area contributed by atoms with E-state index in [0.717, 1.165) is 45.3 Å². The summed E-state index contributed by atoms with van der Waals surface area (Å²) in [6.45, 7) is 4.33. The van der Waals surface area contributed by atoms with Crippen LogP contribution in [0.15, 0.2) is 194 Å². The summed E-state index contributed by atoms with van der Waals surface area (Å²) in [7, 11) is 0. The molecule has 0 saturated heterocycles. The van der Waals surface area contributed by atoms with Crippen molar-refractivity contribution in [1.29, 1.82) is 0 Å². The summed E-state index contributed by atoms with van der Waals surface area (Å²) in [5.74, 6) is 0. The lowest BCUT2D eigenvalue weighted by Gasteiger charge is -2.26. The Kier molecular flexibility index (Phi) is 9.19. The topological polar surface area (TPSA) is 6.48 Å². The number of hydrogen-bond acceptors (Lipinski definition) is 2. The maximum Gasteiger partial charge on any atom is 0.0468 e. The fraction of sp³-hybridized carbons (Fsp3) is 0.0400. The highest BCUT2D eigenvalue weighted by atomic mass is 15.1. The van der Waals surface area contributed by atoms with Crippen molar-refractivity contribution in [2.75, 3.05) is 9.80 Å². The zero-order valence-corrected chi connectivity index (χ0v) is 29.5. The van der Waals surface area contributed by atoms with Crippen LogP contribution in [-0.2, 0) is 0 Å². The minimum Gasteiger partial charge on any atom is -0.311 e. The molecule has 0 aliphatic carbocycles. The van der Waals surface area contributed by atoms with Crippen molar-refractivity contribution in [3.63, 3.8) is 0 Å². The summed E-state index contributed by atoms with van der Waals surface area (Å²) < 4.78 is 0. The quantitative estimate of drug-likeness (QED) is 0.141. The highest BCUT2D eigenvalue weighted by molar-refractivity contribution is 5.89. The van der Waals surface area contributed by atoms with Crippen LogP contribution in [0.1, 0.15) is 22.3 Å². The number of aryl methyl sites for hydroxylation is 2. The van der Waals surface area contributed by atoms with Crippen molar-refractivity contribution in [2.45, 2.75) is 13.8 Å². The van der Waals surface area contributed by atoms with E-state index in [2.05, 4.69) is 230 Å². The molecule has 0 aromatic heterocycles. The molecule has 0 radical (unpaired) electrons. The molecule has 8 aromatic carbocycles. The minimum absolute atomic E-state index is 1.13. The molecule has 52 heavy (non-hydrogen) atoms. The van der Waals surface area contributed by atoms with Gasteiger partial charge in [-0.05, 0) is 131 Å². The van der Waals surface area contributed by atoms with Crippen LogP contribution in [0.25, 0.3) is 34.1 Å². The van der Waals surface area contributed by atoms with Gasteiger partial charge in [-0.1, -0.05) is 133 Å². The van der Waals surface area contributed by atoms with E-state index in [0.29, 0.717) is 0 Å². The molecule has 0 atom stereocenters. The van der Waals surface area contributed by atoms with Crippen LogP contribution >= 0.6 is 0 Å². The number of anilines is 6. The maximum atomic E-state index is 2.35. The molecule has 0 spiro atoms. The molecule has 250 valence electrons. The van der Waals surface area contributed by atoms with Crippen molar-refractivity contribution in [1.82, 2.24) is 0 Å². The Morgan fingerprint density at radius 1 is 0.308 bits per heavy atom. The molecule has 8 rings (SSSR count). The van der Waals surface area contributed by atoms with Gasteiger partial charge in [-0.15, -0.1) is 0 Å². The van der Waals surface area contributed by atoms with Gasteiger partial charge in [0.25, 0.3) is 0 Å². The van der Waals surface area contributed by atoms with Gasteiger partial charge in [-0.3, -0.25) is 0 Å². The van der Waals surface area contributed by atoms with Crippen LogP contribution in [-0.4, -0.2) is 0 Å². The Morgan fingerprint density at radius 2 is 0.712 bits per heavy atom. The Hall–Kier alpha value is -6.64. The summed E-state index contributed by atoms with van der Waals surface area (Å²) in [6, 6.07) is 69.5. The Bertz CT molecular complexity index is 2390. The van der Waals surface area contributed by atoms with Gasteiger partial charge in [0.05, 0.1) is 0 Å². The molecule has 0 amide bonds. The van der Waals surface area contributed by atoms with E-state index in [-0.39, 0.29) is 0 Å². The van der Waals surface area contributed by atoms with Crippen LogP contribution in [0, 0.1) is 13.8 Å². The van der Waals surface area contributed by atoms with Gasteiger partial charge in [-0.2, -0.15) is 0 Å². The summed E-state index contributed by atoms with van der Waals surface area (Å²) in [4.78, 5) is 4.64. The predicted molar refractivity (Wildman–Crippen MR) is 224 cm³/mol. The first-order valence-corrected chi connectivity index (χ1v) is 17.8. The lowest BCUT2D eigenvalue weighted by Crippen LogP contribution is -2.10. The van der Waals surface area contributed by atoms with Gasteiger partial charge in [0.15, 0.2) is 0 Å². The molecule has 0 heterocycles. The first-order valence-electron chi connectivity index (χ1n) is 17.8. The molecule has 0 fully saturated rings. The first-order chi connectivity index (χ1) is 25.6. The predicted octanol–water partition coefficient (Wildman–Crippen LogP) is 14.2. The molecular weight excluding hydrogens is 629 g/mol. The normalized spacial score (nSPS) is 11.2. The second-order valence-electron chi connectivity index (χ2n) is 13.3. The molecule has 0 aliphatic heterocycles. The number of fused-ring (bicyclic) bond motifs is 1. The SMILES string of the molecule is Cc1cc(C)cc(N(c2ccc(/C=C/c3ccc(-c4ccc(N(c5ccccc5)c5ccccc5)cc4)cc3)cc2)c2ccc3ccccc3c2)c1. The monoisotopic (exact) mass is 668 g/mol. The first kappa shape index (κ1) is 32.6. The molecule has 0 N–H and O–H groups in total. The Balaban J connectivity index is 1.01. The minimum atomic E-state index is 1.13. The van der Waals surface area contributed by atoms with E-state index >= 15 is 0 Å². The smallest absolute Gasteiger partial charge is 0.0468 e. The fourth-order valence-corrected chi connectivity index (χ4v) is 6.96. The van der Waals surface area contributed by atoms with Gasteiger partial charge in [0.2, 0.25) is 0 Å². The molecule has 2 nitrogen and oxygen atoms in total. The van der Waals surface area contributed by atoms with Crippen molar-refractivity contribution < 1.29 is 0 Å². The molecule has 2 heteroatoms. The number of hydrogen-bond donors (Lipinski definition) is 0. The fourth-order valence-electron chi connectivity index (χ4n) is 6.96. The third-order valence-corrected chi connectivity index (χ3v) is 9.47. The third-order valence-electron chi connectivity index (χ3n) is 9.47. The summed E-state index contributed by atoms with van der Waals surface area (Å²) in [6.07, 6.45) is 4.37. The lowest BCUT2D eigenvalue weighted by molar-refractivity contribution is 1.26. The van der Waals surface area contributed by atoms with Gasteiger partial charge in [-0.25, -0.2) is 0 Å². The van der Waals surface area contributed by atoms with Crippen LogP contribution < -0.4 is 9.80 Å². The maximum absolute atomic E-state index is 2.35. The van der Waals surface area contributed by atoms with Crippen molar-refractivity contribution in [2.24, 2.45) is 0 Å². The van der Waals surface area contributed by atoms with Crippen LogP contribution in [0.5, 0.6) is 0 Å². The average Bonchev–Trinajstić information content (AvgIpc) is 3.19. The average molecular weight is 669 g/mol. The van der Waals surface area contributed by atoms with Gasteiger partial charge >= 0.3 is 0 Å². The summed E-state index contributed by atoms with van der Waals surface area (Å²) >= 11 is 0. The van der Waals surface area contributed by atoms with Crippen LogP contribution in [0.4, 0.5) is 34.1 Å². The zero-order chi connectivity index (χ0) is 35.3. The van der Waals surface area contributed by atoms with Crippen molar-refractivity contribution in [3.8, 4) is 11.1 Å². The summed E-state index contributed by atoms with van der Waals surface area (Å²) in [5.41, 5.74) is 14.0.